The van der Waals surface area contributed by atoms with E-state index in [2.05, 4.69) is 36.6 Å². The van der Waals surface area contributed by atoms with Crippen LogP contribution in [0, 0.1) is 11.8 Å². The molecule has 6 amide bonds. The Balaban J connectivity index is 1.54. The average Bonchev–Trinajstić information content (AvgIpc) is 3.73. The normalized spacial score (nSPS) is 14.1. The zero-order chi connectivity index (χ0) is 50.5. The van der Waals surface area contributed by atoms with Crippen LogP contribution in [-0.2, 0) is 57.6 Å². The quantitative estimate of drug-likeness (QED) is 0.0218. The first kappa shape index (κ1) is 54.2. The fourth-order valence-corrected chi connectivity index (χ4v) is 7.95. The molecule has 0 aliphatic carbocycles. The predicted octanol–water partition coefficient (Wildman–Crippen LogP) is 2.56. The summed E-state index contributed by atoms with van der Waals surface area (Å²) < 4.78 is 0. The van der Waals surface area contributed by atoms with Gasteiger partial charge in [-0.25, -0.2) is 0 Å². The predicted molar refractivity (Wildman–Crippen MR) is 264 cm³/mol. The monoisotopic (exact) mass is 949 g/mol. The number of Topliss-reactive ketones (excluding diaryl/α,β-unsaturated/α-hetero) is 2. The summed E-state index contributed by atoms with van der Waals surface area (Å²) in [6.07, 6.45) is 3.67. The molecule has 18 heteroatoms. The first-order valence-corrected chi connectivity index (χ1v) is 23.5. The molecule has 1 aromatic heterocycles. The van der Waals surface area contributed by atoms with Crippen molar-refractivity contribution in [3.63, 3.8) is 0 Å². The Morgan fingerprint density at radius 2 is 1.14 bits per heavy atom. The highest BCUT2D eigenvalue weighted by Gasteiger charge is 2.33. The van der Waals surface area contributed by atoms with Crippen LogP contribution in [0.1, 0.15) is 89.3 Å². The van der Waals surface area contributed by atoms with E-state index >= 15 is 0 Å². The summed E-state index contributed by atoms with van der Waals surface area (Å²) in [5.74, 6) is -6.52. The lowest BCUT2D eigenvalue weighted by atomic mass is 9.89. The van der Waals surface area contributed by atoms with Crippen LogP contribution in [0.5, 0.6) is 0 Å². The minimum atomic E-state index is -1.22. The number of nitrogens with two attached hydrogens (primary N) is 3. The molecule has 0 aliphatic heterocycles. The van der Waals surface area contributed by atoms with Gasteiger partial charge in [-0.15, -0.1) is 0 Å². The number of primary amides is 1. The highest BCUT2D eigenvalue weighted by atomic mass is 16.2. The largest absolute Gasteiger partial charge is 0.370 e. The summed E-state index contributed by atoms with van der Waals surface area (Å²) in [5.41, 5.74) is 20.0. The molecule has 0 bridgehead atoms. The number of para-hydroxylation sites is 1. The number of unbranched alkanes of at least 4 members (excludes halogenated alkanes) is 1. The fourth-order valence-electron chi connectivity index (χ4n) is 7.95. The lowest BCUT2D eigenvalue weighted by molar-refractivity contribution is -0.135. The van der Waals surface area contributed by atoms with E-state index in [0.29, 0.717) is 30.4 Å². The van der Waals surface area contributed by atoms with E-state index < -0.39 is 89.1 Å². The van der Waals surface area contributed by atoms with Crippen molar-refractivity contribution in [3.05, 3.63) is 108 Å². The first-order chi connectivity index (χ1) is 32.9. The third-order valence-electron chi connectivity index (χ3n) is 11.9. The number of aliphatic imine (C=N–C) groups is 1. The number of hydrogen-bond acceptors (Lipinski definition) is 9. The second-order valence-corrected chi connectivity index (χ2v) is 17.5. The van der Waals surface area contributed by atoms with Gasteiger partial charge in [0.2, 0.25) is 35.4 Å². The first-order valence-electron chi connectivity index (χ1n) is 23.5. The van der Waals surface area contributed by atoms with Crippen LogP contribution in [0.15, 0.2) is 96.1 Å². The number of carbonyl (C=O) groups excluding carboxylic acids is 8. The third kappa shape index (κ3) is 18.0. The van der Waals surface area contributed by atoms with Gasteiger partial charge in [-0.05, 0) is 68.7 Å². The summed E-state index contributed by atoms with van der Waals surface area (Å²) in [6, 6.07) is 20.0. The molecule has 3 aromatic carbocycles. The molecule has 0 spiro atoms. The number of aromatic nitrogens is 1. The molecule has 18 nitrogen and oxygen atoms in total. The van der Waals surface area contributed by atoms with Gasteiger partial charge in [-0.3, -0.25) is 43.3 Å². The van der Waals surface area contributed by atoms with E-state index in [4.69, 9.17) is 17.2 Å². The van der Waals surface area contributed by atoms with Crippen molar-refractivity contribution in [3.8, 4) is 0 Å². The SMILES string of the molecule is CCCC[C@H](NC(C)=O)C(=O)N[C@@H](C)C(=O)N[C@@H](Cc1ccccc1)C(=O)N[C@H](Cc1ccccc1)C(=O)C[C@@H](CCCN=C(N)N)C(=O)N[C@@H](C)C(=O)C[C@@H](Cc1c[nH]c2ccccc12)C(N)=O. The molecule has 0 radical (unpaired) electrons. The summed E-state index contributed by atoms with van der Waals surface area (Å²) >= 11 is 0. The molecule has 12 N–H and O–H groups in total. The molecular formula is C51H68N10O8. The molecule has 4 rings (SSSR count). The van der Waals surface area contributed by atoms with Gasteiger partial charge in [0.1, 0.15) is 18.1 Å². The minimum absolute atomic E-state index is 0.0243. The van der Waals surface area contributed by atoms with Gasteiger partial charge in [-0.2, -0.15) is 0 Å². The van der Waals surface area contributed by atoms with Gasteiger partial charge in [0.05, 0.1) is 12.1 Å². The van der Waals surface area contributed by atoms with E-state index in [0.717, 1.165) is 22.9 Å². The summed E-state index contributed by atoms with van der Waals surface area (Å²) in [4.78, 5) is 115. The van der Waals surface area contributed by atoms with Gasteiger partial charge in [0.15, 0.2) is 17.5 Å². The summed E-state index contributed by atoms with van der Waals surface area (Å²) in [6.45, 7) is 6.37. The highest BCUT2D eigenvalue weighted by Crippen LogP contribution is 2.23. The van der Waals surface area contributed by atoms with Crippen LogP contribution in [0.25, 0.3) is 10.9 Å². The van der Waals surface area contributed by atoms with Gasteiger partial charge in [0.25, 0.3) is 0 Å². The molecule has 4 aromatic rings. The van der Waals surface area contributed by atoms with Gasteiger partial charge >= 0.3 is 0 Å². The Morgan fingerprint density at radius 1 is 0.580 bits per heavy atom. The minimum Gasteiger partial charge on any atom is -0.370 e. The lowest BCUT2D eigenvalue weighted by Gasteiger charge is -2.26. The fraction of sp³-hybridized carbons (Fsp3) is 0.431. The molecule has 0 unspecified atom stereocenters. The van der Waals surface area contributed by atoms with Crippen molar-refractivity contribution in [1.82, 2.24) is 31.6 Å². The molecule has 0 saturated heterocycles. The number of benzene rings is 3. The van der Waals surface area contributed by atoms with E-state index in [1.54, 1.807) is 66.9 Å². The molecule has 370 valence electrons. The second kappa shape index (κ2) is 27.4. The van der Waals surface area contributed by atoms with E-state index in [-0.39, 0.29) is 51.0 Å². The summed E-state index contributed by atoms with van der Waals surface area (Å²) in [5, 5.41) is 14.5. The van der Waals surface area contributed by atoms with Gasteiger partial charge in [0, 0.05) is 61.7 Å². The van der Waals surface area contributed by atoms with Crippen molar-refractivity contribution in [1.29, 1.82) is 0 Å². The zero-order valence-corrected chi connectivity index (χ0v) is 39.9. The second-order valence-electron chi connectivity index (χ2n) is 17.5. The van der Waals surface area contributed by atoms with Gasteiger partial charge < -0.3 is 48.8 Å². The maximum absolute atomic E-state index is 14.5. The number of nitrogens with zero attached hydrogens (tertiary/aromatic N) is 1. The Morgan fingerprint density at radius 3 is 1.75 bits per heavy atom. The molecular weight excluding hydrogens is 881 g/mol. The molecule has 7 atom stereocenters. The van der Waals surface area contributed by atoms with Crippen LogP contribution in [0.2, 0.25) is 0 Å². The molecule has 0 aliphatic rings. The van der Waals surface area contributed by atoms with Crippen molar-refractivity contribution in [2.24, 2.45) is 34.0 Å². The van der Waals surface area contributed by atoms with Crippen LogP contribution in [0.3, 0.4) is 0 Å². The van der Waals surface area contributed by atoms with Crippen LogP contribution < -0.4 is 43.8 Å². The molecule has 69 heavy (non-hydrogen) atoms. The summed E-state index contributed by atoms with van der Waals surface area (Å²) in [7, 11) is 0. The van der Waals surface area contributed by atoms with Crippen LogP contribution in [-0.4, -0.2) is 94.7 Å². The number of nitrogens with one attached hydrogen (secondary N) is 6. The van der Waals surface area contributed by atoms with Crippen molar-refractivity contribution in [2.75, 3.05) is 6.54 Å². The van der Waals surface area contributed by atoms with Crippen molar-refractivity contribution < 1.29 is 38.4 Å². The van der Waals surface area contributed by atoms with Crippen molar-refractivity contribution in [2.45, 2.75) is 122 Å². The Bertz CT molecular complexity index is 2400. The van der Waals surface area contributed by atoms with E-state index in [9.17, 15) is 38.4 Å². The Hall–Kier alpha value is -7.37. The van der Waals surface area contributed by atoms with Crippen molar-refractivity contribution >= 4 is 63.9 Å². The maximum Gasteiger partial charge on any atom is 0.243 e. The molecule has 0 saturated carbocycles. The number of guanidine groups is 1. The number of H-pyrrole nitrogens is 1. The van der Waals surface area contributed by atoms with E-state index in [1.807, 2.05) is 31.2 Å². The van der Waals surface area contributed by atoms with Crippen LogP contribution >= 0.6 is 0 Å². The van der Waals surface area contributed by atoms with Crippen LogP contribution in [0.4, 0.5) is 0 Å². The zero-order valence-electron chi connectivity index (χ0n) is 39.9. The number of rotatable bonds is 29. The number of hydrogen-bond donors (Lipinski definition) is 9. The molecule has 1 heterocycles. The number of carbonyl (C=O) groups is 8. The number of ketones is 2. The smallest absolute Gasteiger partial charge is 0.243 e. The molecule has 0 fully saturated rings. The topological polar surface area (TPSA) is 303 Å². The Kier molecular flexibility index (Phi) is 21.6. The lowest BCUT2D eigenvalue weighted by Crippen LogP contribution is -2.57. The maximum atomic E-state index is 14.5. The number of fused-ring (bicyclic) bond motifs is 1. The number of aromatic amines is 1. The third-order valence-corrected chi connectivity index (χ3v) is 11.9. The number of amides is 6. The average molecular weight is 949 g/mol. The van der Waals surface area contributed by atoms with E-state index in [1.165, 1.54) is 20.8 Å². The highest BCUT2D eigenvalue weighted by molar-refractivity contribution is 5.98. The van der Waals surface area contributed by atoms with Gasteiger partial charge in [-0.1, -0.05) is 98.6 Å². The Labute approximate surface area is 403 Å². The standard InChI is InChI=1S/C51H68N10O8/c1-5-6-22-41(59-33(4)62)49(68)58-32(3)47(66)61-43(26-35-18-11-8-12-19-35)50(69)60-42(25-34-16-9-7-10-17-34)45(64)28-36(20-15-24-55-51(53)54)48(67)57-31(2)44(63)29-37(46(52)65)27-38-30-56-40-23-14-13-21-39(38)40/h7-14,16-19,21,23,30-32,36-37,41-43,56H,5-6,15,20,22,24-29H2,1-4H3,(H2,52,65)(H,57,67)(H,58,68)(H,59,62)(H,60,69)(H,61,66)(H4,53,54,55)/t31-,32-,36+,37+,41-,42+,43-/m0/s1.